The van der Waals surface area contributed by atoms with Gasteiger partial charge in [-0.1, -0.05) is 182 Å². The van der Waals surface area contributed by atoms with Gasteiger partial charge in [0.1, 0.15) is 0 Å². The van der Waals surface area contributed by atoms with Crippen LogP contribution >= 0.6 is 34.9 Å². The second-order valence-corrected chi connectivity index (χ2v) is 15.5. The monoisotopic (exact) mass is 806 g/mol. The Morgan fingerprint density at radius 1 is 0.286 bits per heavy atom. The minimum atomic E-state index is -0.446. The Bertz CT molecular complexity index is 1210. The Morgan fingerprint density at radius 2 is 0.405 bits per heavy atom. The first-order chi connectivity index (χ1) is 20.3. The van der Waals surface area contributed by atoms with Gasteiger partial charge in [-0.25, -0.2) is 0 Å². The van der Waals surface area contributed by atoms with Gasteiger partial charge in [-0.15, -0.1) is 0 Å². The van der Waals surface area contributed by atoms with Crippen LogP contribution in [0.1, 0.15) is 0 Å². The van der Waals surface area contributed by atoms with E-state index in [0.29, 0.717) is 0 Å². The van der Waals surface area contributed by atoms with E-state index in [1.54, 1.807) is 0 Å². The third-order valence-corrected chi connectivity index (χ3v) is 11.0. The minimum Gasteiger partial charge on any atom is -0.0622 e. The second-order valence-electron chi connectivity index (χ2n) is 8.73. The molecule has 0 aliphatic heterocycles. The number of hydrogen-bond acceptors (Lipinski definition) is 0. The average molecular weight is 808 g/mol. The van der Waals surface area contributed by atoms with Gasteiger partial charge in [-0.3, -0.25) is 0 Å². The summed E-state index contributed by atoms with van der Waals surface area (Å²) in [7, 11) is 8.74. The fourth-order valence-corrected chi connectivity index (χ4v) is 8.97. The summed E-state index contributed by atoms with van der Waals surface area (Å²) in [5.41, 5.74) is 0. The Labute approximate surface area is 282 Å². The smallest absolute Gasteiger partial charge is 0 e. The summed E-state index contributed by atoms with van der Waals surface area (Å²) in [6.07, 6.45) is 0. The van der Waals surface area contributed by atoms with Gasteiger partial charge < -0.3 is 0 Å². The fraction of sp³-hybridized carbons (Fsp3) is 0. The zero-order valence-electron chi connectivity index (χ0n) is 22.6. The van der Waals surface area contributed by atoms with Crippen molar-refractivity contribution < 1.29 is 36.4 Å². The van der Waals surface area contributed by atoms with E-state index in [9.17, 15) is 0 Å². The molecule has 0 radical (unpaired) electrons. The number of halogens is 2. The van der Waals surface area contributed by atoms with Gasteiger partial charge in [0, 0.05) is 20.4 Å². The van der Waals surface area contributed by atoms with E-state index < -0.39 is 15.8 Å². The maximum absolute atomic E-state index is 4.81. The van der Waals surface area contributed by atoms with Crippen LogP contribution in [-0.4, -0.2) is 0 Å². The van der Waals surface area contributed by atoms with E-state index in [-0.39, 0.29) is 36.4 Å². The van der Waals surface area contributed by atoms with Gasteiger partial charge in [0.05, 0.1) is 0 Å². The molecule has 218 valence electrons. The third-order valence-electron chi connectivity index (χ3n) is 6.09. The van der Waals surface area contributed by atoms with Crippen LogP contribution in [0.25, 0.3) is 0 Å². The minimum absolute atomic E-state index is 0. The normalized spacial score (nSPS) is 10.1. The number of rotatable bonds is 6. The molecule has 0 saturated carbocycles. The molecule has 6 aromatic rings. The van der Waals surface area contributed by atoms with E-state index in [2.05, 4.69) is 182 Å². The maximum atomic E-state index is 4.81. The van der Waals surface area contributed by atoms with Crippen LogP contribution in [-0.2, 0) is 36.4 Å². The molecule has 6 rings (SSSR count). The Morgan fingerprint density at radius 3 is 0.524 bits per heavy atom. The van der Waals surface area contributed by atoms with Crippen molar-refractivity contribution in [2.24, 2.45) is 0 Å². The molecule has 0 N–H and O–H groups in total. The first-order valence-electron chi connectivity index (χ1n) is 13.0. The summed E-state index contributed by atoms with van der Waals surface area (Å²) < 4.78 is 0. The molecule has 6 aromatic carbocycles. The van der Waals surface area contributed by atoms with Crippen molar-refractivity contribution in [3.8, 4) is 0 Å². The molecule has 0 unspecified atom stereocenters. The van der Waals surface area contributed by atoms with E-state index in [0.717, 1.165) is 0 Å². The molecule has 0 spiro atoms. The Hall–Kier alpha value is -1.92. The van der Waals surface area contributed by atoms with Crippen LogP contribution in [0.15, 0.2) is 182 Å². The largest absolute Gasteiger partial charge is 0.0622 e. The average Bonchev–Trinajstić information content (AvgIpc) is 3.05. The quantitative estimate of drug-likeness (QED) is 0.118. The van der Waals surface area contributed by atoms with E-state index in [1.165, 1.54) is 31.8 Å². The molecule has 0 amide bonds. The summed E-state index contributed by atoms with van der Waals surface area (Å²) in [4.78, 5) is 0. The zero-order valence-corrected chi connectivity index (χ0v) is 29.0. The molecule has 0 fully saturated rings. The molecule has 6 heteroatoms. The summed E-state index contributed by atoms with van der Waals surface area (Å²) in [6.45, 7) is 0. The van der Waals surface area contributed by atoms with Gasteiger partial charge in [-0.2, -0.15) is 0 Å². The molecular formula is C36H30Cl2P2Pd2. The molecule has 0 bridgehead atoms. The van der Waals surface area contributed by atoms with Crippen molar-refractivity contribution >= 4 is 66.7 Å². The molecule has 42 heavy (non-hydrogen) atoms. The van der Waals surface area contributed by atoms with Gasteiger partial charge in [0.25, 0.3) is 0 Å². The van der Waals surface area contributed by atoms with Crippen LogP contribution in [0, 0.1) is 0 Å². The topological polar surface area (TPSA) is 0 Å². The van der Waals surface area contributed by atoms with E-state index >= 15 is 0 Å². The van der Waals surface area contributed by atoms with Crippen LogP contribution in [0.2, 0.25) is 0 Å². The fourth-order valence-electron chi connectivity index (χ4n) is 4.36. The molecule has 0 saturated heterocycles. The van der Waals surface area contributed by atoms with Crippen molar-refractivity contribution in [3.05, 3.63) is 182 Å². The van der Waals surface area contributed by atoms with Gasteiger partial charge >= 0.3 is 35.0 Å². The standard InChI is InChI=1S/2C18H15P.2ClH.2Pd/c2*1-4-10-16(11-5-1)19(17-12-6-2-7-13-17)18-14-8-3-9-15-18;;;;/h2*1-15H;2*1H;;/q;;;;;+2/p-2. The van der Waals surface area contributed by atoms with Gasteiger partial charge in [-0.05, 0) is 47.7 Å². The van der Waals surface area contributed by atoms with Gasteiger partial charge in [0.15, 0.2) is 0 Å². The summed E-state index contributed by atoms with van der Waals surface area (Å²) in [5.74, 6) is 0. The predicted molar refractivity (Wildman–Crippen MR) is 182 cm³/mol. The summed E-state index contributed by atoms with van der Waals surface area (Å²) in [6, 6.07) is 64.7. The molecule has 0 atom stereocenters. The molecule has 0 aliphatic rings. The van der Waals surface area contributed by atoms with Gasteiger partial charge in [0.2, 0.25) is 0 Å². The molecule has 0 nitrogen and oxygen atoms in total. The molecule has 0 heterocycles. The number of benzene rings is 6. The predicted octanol–water partition coefficient (Wildman–Crippen LogP) is 8.26. The Balaban J connectivity index is 0.000000207. The van der Waals surface area contributed by atoms with Crippen molar-refractivity contribution in [2.75, 3.05) is 0 Å². The molecule has 0 aromatic heterocycles. The van der Waals surface area contributed by atoms with Crippen LogP contribution < -0.4 is 31.8 Å². The maximum Gasteiger partial charge on any atom is 0 e. The first-order valence-corrected chi connectivity index (χ1v) is 19.7. The summed E-state index contributed by atoms with van der Waals surface area (Å²) >= 11 is -0.106. The van der Waals surface area contributed by atoms with Crippen LogP contribution in [0.4, 0.5) is 0 Å². The van der Waals surface area contributed by atoms with Crippen molar-refractivity contribution in [2.45, 2.75) is 0 Å². The SMILES string of the molecule is [Cl][Pd][Cl].[Pd].c1ccc(P(c2ccccc2)c2ccccc2)cc1.c1ccc(P(c2ccccc2)c2ccccc2)cc1. The molecular weight excluding hydrogens is 778 g/mol. The first kappa shape index (κ1) is 34.6. The summed E-state index contributed by atoms with van der Waals surface area (Å²) in [5, 5.41) is 8.39. The van der Waals surface area contributed by atoms with Crippen LogP contribution in [0.3, 0.4) is 0 Å². The third kappa shape index (κ3) is 10.7. The van der Waals surface area contributed by atoms with E-state index in [1.807, 2.05) is 0 Å². The van der Waals surface area contributed by atoms with Crippen LogP contribution in [0.5, 0.6) is 0 Å². The molecule has 0 aliphatic carbocycles. The number of hydrogen-bond donors (Lipinski definition) is 0. The second kappa shape index (κ2) is 20.1. The zero-order chi connectivity index (χ0) is 28.5. The van der Waals surface area contributed by atoms with E-state index in [4.69, 9.17) is 19.1 Å². The Kier molecular flexibility index (Phi) is 16.6. The van der Waals surface area contributed by atoms with Crippen molar-refractivity contribution in [1.82, 2.24) is 0 Å². The van der Waals surface area contributed by atoms with Crippen molar-refractivity contribution in [3.63, 3.8) is 0 Å². The van der Waals surface area contributed by atoms with Crippen molar-refractivity contribution in [1.29, 1.82) is 0 Å².